The molecule has 0 aromatic carbocycles. The highest BCUT2D eigenvalue weighted by Gasteiger charge is 2.18. The van der Waals surface area contributed by atoms with Crippen molar-refractivity contribution >= 4 is 6.09 Å². The largest absolute Gasteiger partial charge is 0.465 e. The van der Waals surface area contributed by atoms with E-state index in [1.807, 2.05) is 0 Å². The van der Waals surface area contributed by atoms with Crippen LogP contribution < -0.4 is 5.73 Å². The first kappa shape index (κ1) is 35.3. The average molecular weight is 490 g/mol. The Morgan fingerprint density at radius 2 is 1.00 bits per heavy atom. The number of ether oxygens (including phenoxy) is 1. The first-order valence-corrected chi connectivity index (χ1v) is 14.4. The van der Waals surface area contributed by atoms with E-state index in [1.165, 1.54) is 116 Å². The summed E-state index contributed by atoms with van der Waals surface area (Å²) in [5.41, 5.74) is 4.03. The van der Waals surface area contributed by atoms with Crippen LogP contribution in [0.3, 0.4) is 0 Å². The van der Waals surface area contributed by atoms with Crippen LogP contribution in [0.4, 0.5) is 4.79 Å². The standard InChI is InChI=1S/C27H56O3.CH3NO2/c1-3-5-7-9-11-13-15-17-19-21-23-27(26(29)25-28)30-24-22-20-18-16-14-12-10-8-6-4-2;2-1(3)4/h26-29H,3-25H2,1-2H3;2H2,(H,3,4). The van der Waals surface area contributed by atoms with Crippen LogP contribution in [-0.2, 0) is 4.74 Å². The van der Waals surface area contributed by atoms with Gasteiger partial charge in [-0.3, -0.25) is 0 Å². The van der Waals surface area contributed by atoms with E-state index in [2.05, 4.69) is 19.6 Å². The Balaban J connectivity index is 0. The lowest BCUT2D eigenvalue weighted by atomic mass is 10.0. The fourth-order valence-electron chi connectivity index (χ4n) is 4.16. The molecule has 0 spiro atoms. The molecule has 0 aliphatic rings. The van der Waals surface area contributed by atoms with Crippen molar-refractivity contribution in [2.45, 2.75) is 161 Å². The fourth-order valence-corrected chi connectivity index (χ4v) is 4.16. The Kier molecular flexibility index (Phi) is 31.3. The number of hydrogen-bond donors (Lipinski definition) is 4. The summed E-state index contributed by atoms with van der Waals surface area (Å²) in [7, 11) is 0. The molecule has 1 amide bonds. The van der Waals surface area contributed by atoms with Gasteiger partial charge in [0.2, 0.25) is 0 Å². The van der Waals surface area contributed by atoms with Crippen molar-refractivity contribution in [1.82, 2.24) is 0 Å². The molecule has 0 bridgehead atoms. The number of nitrogens with two attached hydrogens (primary N) is 1. The number of carboxylic acid groups (broad SMARTS) is 1. The smallest absolute Gasteiger partial charge is 0.402 e. The van der Waals surface area contributed by atoms with Crippen LogP contribution in [0.1, 0.15) is 149 Å². The first-order valence-electron chi connectivity index (χ1n) is 14.4. The van der Waals surface area contributed by atoms with Crippen LogP contribution in [0.15, 0.2) is 0 Å². The molecule has 34 heavy (non-hydrogen) atoms. The number of carbonyl (C=O) groups is 1. The lowest BCUT2D eigenvalue weighted by Crippen LogP contribution is -2.32. The molecule has 2 atom stereocenters. The van der Waals surface area contributed by atoms with Crippen molar-refractivity contribution < 1.29 is 24.9 Å². The Morgan fingerprint density at radius 1 is 0.676 bits per heavy atom. The predicted octanol–water partition coefficient (Wildman–Crippen LogP) is 7.58. The predicted molar refractivity (Wildman–Crippen MR) is 143 cm³/mol. The summed E-state index contributed by atoms with van der Waals surface area (Å²) in [5.74, 6) is 0. The second-order valence-corrected chi connectivity index (χ2v) is 9.65. The van der Waals surface area contributed by atoms with Gasteiger partial charge in [0.25, 0.3) is 0 Å². The Bertz CT molecular complexity index is 391. The summed E-state index contributed by atoms with van der Waals surface area (Å²) in [6.07, 6.45) is 25.0. The van der Waals surface area contributed by atoms with Gasteiger partial charge in [-0.05, 0) is 12.8 Å². The molecule has 0 saturated heterocycles. The molecule has 0 aromatic rings. The quantitative estimate of drug-likeness (QED) is 0.0987. The highest BCUT2D eigenvalue weighted by Crippen LogP contribution is 2.16. The number of unbranched alkanes of at least 4 members (excludes halogenated alkanes) is 18. The van der Waals surface area contributed by atoms with Gasteiger partial charge in [-0.1, -0.05) is 136 Å². The molecule has 206 valence electrons. The number of primary amides is 1. The van der Waals surface area contributed by atoms with Crippen LogP contribution >= 0.6 is 0 Å². The highest BCUT2D eigenvalue weighted by atomic mass is 16.5. The van der Waals surface area contributed by atoms with Gasteiger partial charge < -0.3 is 25.8 Å². The second kappa shape index (κ2) is 30.2. The van der Waals surface area contributed by atoms with Gasteiger partial charge in [0.1, 0.15) is 6.10 Å². The molecule has 2 unspecified atom stereocenters. The van der Waals surface area contributed by atoms with E-state index in [0.29, 0.717) is 0 Å². The van der Waals surface area contributed by atoms with Gasteiger partial charge in [0.15, 0.2) is 0 Å². The van der Waals surface area contributed by atoms with Crippen molar-refractivity contribution in [3.8, 4) is 0 Å². The van der Waals surface area contributed by atoms with Crippen LogP contribution in [0.5, 0.6) is 0 Å². The van der Waals surface area contributed by atoms with E-state index in [1.54, 1.807) is 0 Å². The molecule has 0 aliphatic heterocycles. The van der Waals surface area contributed by atoms with Crippen LogP contribution in [0, 0.1) is 0 Å². The molecule has 0 heterocycles. The molecular weight excluding hydrogens is 430 g/mol. The Labute approximate surface area is 211 Å². The molecule has 0 saturated carbocycles. The van der Waals surface area contributed by atoms with Crippen molar-refractivity contribution in [1.29, 1.82) is 0 Å². The molecule has 6 heteroatoms. The zero-order valence-electron chi connectivity index (χ0n) is 22.7. The maximum absolute atomic E-state index is 10.0. The summed E-state index contributed by atoms with van der Waals surface area (Å²) >= 11 is 0. The Morgan fingerprint density at radius 3 is 1.35 bits per heavy atom. The molecular formula is C28H59NO5. The average Bonchev–Trinajstić information content (AvgIpc) is 2.81. The van der Waals surface area contributed by atoms with Gasteiger partial charge in [-0.15, -0.1) is 0 Å². The molecule has 0 aromatic heterocycles. The molecule has 0 aliphatic carbocycles. The SMILES string of the molecule is CCCCCCCCCCCCOC(CCCCCCCCCCCC)C(O)CO.NC(=O)O. The van der Waals surface area contributed by atoms with E-state index in [4.69, 9.17) is 14.6 Å². The van der Waals surface area contributed by atoms with Crippen molar-refractivity contribution in [2.75, 3.05) is 13.2 Å². The normalized spacial score (nSPS) is 12.7. The third-order valence-corrected chi connectivity index (χ3v) is 6.29. The molecule has 0 fully saturated rings. The molecule has 0 rings (SSSR count). The Hall–Kier alpha value is -0.850. The first-order chi connectivity index (χ1) is 16.5. The fraction of sp³-hybridized carbons (Fsp3) is 0.964. The van der Waals surface area contributed by atoms with Crippen LogP contribution in [0.2, 0.25) is 0 Å². The minimum absolute atomic E-state index is 0.192. The number of amides is 1. The highest BCUT2D eigenvalue weighted by molar-refractivity contribution is 5.61. The van der Waals surface area contributed by atoms with Gasteiger partial charge in [-0.25, -0.2) is 4.79 Å². The lowest BCUT2D eigenvalue weighted by molar-refractivity contribution is -0.0629. The van der Waals surface area contributed by atoms with Gasteiger partial charge in [0.05, 0.1) is 12.7 Å². The van der Waals surface area contributed by atoms with E-state index < -0.39 is 12.2 Å². The van der Waals surface area contributed by atoms with Crippen molar-refractivity contribution in [3.63, 3.8) is 0 Å². The second-order valence-electron chi connectivity index (χ2n) is 9.65. The molecule has 6 nitrogen and oxygen atoms in total. The van der Waals surface area contributed by atoms with E-state index >= 15 is 0 Å². The molecule has 5 N–H and O–H groups in total. The van der Waals surface area contributed by atoms with Crippen LogP contribution in [-0.4, -0.2) is 46.8 Å². The van der Waals surface area contributed by atoms with E-state index in [0.717, 1.165) is 25.9 Å². The summed E-state index contributed by atoms with van der Waals surface area (Å²) in [4.78, 5) is 8.78. The van der Waals surface area contributed by atoms with E-state index in [-0.39, 0.29) is 12.7 Å². The molecule has 0 radical (unpaired) electrons. The third-order valence-electron chi connectivity index (χ3n) is 6.29. The lowest BCUT2D eigenvalue weighted by Gasteiger charge is -2.22. The summed E-state index contributed by atoms with van der Waals surface area (Å²) in [6.45, 7) is 5.06. The number of hydrogen-bond acceptors (Lipinski definition) is 4. The third kappa shape index (κ3) is 31.1. The topological polar surface area (TPSA) is 113 Å². The van der Waals surface area contributed by atoms with Crippen molar-refractivity contribution in [3.05, 3.63) is 0 Å². The van der Waals surface area contributed by atoms with Gasteiger partial charge >= 0.3 is 6.09 Å². The zero-order chi connectivity index (χ0) is 25.7. The summed E-state index contributed by atoms with van der Waals surface area (Å²) < 4.78 is 5.94. The number of rotatable bonds is 25. The minimum Gasteiger partial charge on any atom is -0.465 e. The van der Waals surface area contributed by atoms with Gasteiger partial charge in [0, 0.05) is 6.61 Å². The number of aliphatic hydroxyl groups is 2. The minimum atomic E-state index is -1.33. The summed E-state index contributed by atoms with van der Waals surface area (Å²) in [6, 6.07) is 0. The van der Waals surface area contributed by atoms with Crippen molar-refractivity contribution in [2.24, 2.45) is 5.73 Å². The maximum atomic E-state index is 10.0. The zero-order valence-corrected chi connectivity index (χ0v) is 22.7. The van der Waals surface area contributed by atoms with Gasteiger partial charge in [-0.2, -0.15) is 0 Å². The van der Waals surface area contributed by atoms with E-state index in [9.17, 15) is 10.2 Å². The summed E-state index contributed by atoms with van der Waals surface area (Å²) in [5, 5.41) is 26.6. The maximum Gasteiger partial charge on any atom is 0.402 e. The number of aliphatic hydroxyl groups excluding tert-OH is 2. The van der Waals surface area contributed by atoms with Crippen LogP contribution in [0.25, 0.3) is 0 Å². The monoisotopic (exact) mass is 489 g/mol.